The average molecular weight is 240 g/mol. The number of pyridine rings is 1. The fourth-order valence-corrected chi connectivity index (χ4v) is 1.56. The molecule has 0 aliphatic rings. The van der Waals surface area contributed by atoms with Gasteiger partial charge in [-0.1, -0.05) is 0 Å². The van der Waals surface area contributed by atoms with Crippen LogP contribution in [-0.4, -0.2) is 22.4 Å². The van der Waals surface area contributed by atoms with Crippen molar-refractivity contribution in [1.29, 1.82) is 5.26 Å². The number of nitrogens with one attached hydrogen (secondary N) is 2. The maximum Gasteiger partial charge on any atom is 0.252 e. The van der Waals surface area contributed by atoms with Gasteiger partial charge in [-0.25, -0.2) is 0 Å². The summed E-state index contributed by atoms with van der Waals surface area (Å²) in [5.74, 6) is -0.217. The van der Waals surface area contributed by atoms with Crippen molar-refractivity contribution in [1.82, 2.24) is 15.3 Å². The number of nitriles is 1. The third-order valence-corrected chi connectivity index (χ3v) is 2.47. The van der Waals surface area contributed by atoms with Crippen LogP contribution in [-0.2, 0) is 6.42 Å². The third-order valence-electron chi connectivity index (χ3n) is 2.47. The number of nitrogens with zero attached hydrogens (tertiary/aromatic N) is 2. The van der Waals surface area contributed by atoms with Crippen molar-refractivity contribution in [3.63, 3.8) is 0 Å². The molecule has 0 aliphatic heterocycles. The van der Waals surface area contributed by atoms with Crippen molar-refractivity contribution in [2.24, 2.45) is 0 Å². The van der Waals surface area contributed by atoms with E-state index >= 15 is 0 Å². The summed E-state index contributed by atoms with van der Waals surface area (Å²) in [5.41, 5.74) is 1.85. The standard InChI is InChI=1S/C13H12N4O/c14-7-10-6-11(9-15-8-10)13(18)17-5-3-12-2-1-4-16-12/h1-2,4,6,8-9,16H,3,5H2,(H,17,18). The van der Waals surface area contributed by atoms with Crippen molar-refractivity contribution >= 4 is 5.91 Å². The molecule has 18 heavy (non-hydrogen) atoms. The number of rotatable bonds is 4. The van der Waals surface area contributed by atoms with Crippen LogP contribution in [0.3, 0.4) is 0 Å². The SMILES string of the molecule is N#Cc1cncc(C(=O)NCCc2ccc[nH]2)c1. The van der Waals surface area contributed by atoms with Gasteiger partial charge in [-0.15, -0.1) is 0 Å². The Labute approximate surface area is 104 Å². The Morgan fingerprint density at radius 2 is 2.39 bits per heavy atom. The van der Waals surface area contributed by atoms with Crippen LogP contribution in [0.1, 0.15) is 21.6 Å². The number of carbonyl (C=O) groups excluding carboxylic acids is 1. The summed E-state index contributed by atoms with van der Waals surface area (Å²) in [7, 11) is 0. The molecule has 5 heteroatoms. The molecule has 0 saturated heterocycles. The normalized spacial score (nSPS) is 9.72. The average Bonchev–Trinajstić information content (AvgIpc) is 2.92. The number of carbonyl (C=O) groups is 1. The smallest absolute Gasteiger partial charge is 0.252 e. The fourth-order valence-electron chi connectivity index (χ4n) is 1.56. The Kier molecular flexibility index (Phi) is 3.72. The van der Waals surface area contributed by atoms with E-state index in [-0.39, 0.29) is 5.91 Å². The molecule has 0 radical (unpaired) electrons. The second-order valence-electron chi connectivity index (χ2n) is 3.78. The zero-order valence-electron chi connectivity index (χ0n) is 9.68. The minimum absolute atomic E-state index is 0.217. The van der Waals surface area contributed by atoms with Gasteiger partial charge in [0.2, 0.25) is 0 Å². The Morgan fingerprint density at radius 3 is 3.11 bits per heavy atom. The van der Waals surface area contributed by atoms with Gasteiger partial charge in [-0.05, 0) is 18.2 Å². The minimum atomic E-state index is -0.217. The van der Waals surface area contributed by atoms with Gasteiger partial charge in [0.25, 0.3) is 5.91 Å². The van der Waals surface area contributed by atoms with Gasteiger partial charge in [0.15, 0.2) is 0 Å². The van der Waals surface area contributed by atoms with E-state index in [9.17, 15) is 4.79 Å². The number of hydrogen-bond donors (Lipinski definition) is 2. The Bertz CT molecular complexity index is 569. The number of aromatic amines is 1. The van der Waals surface area contributed by atoms with Gasteiger partial charge >= 0.3 is 0 Å². The molecular weight excluding hydrogens is 228 g/mol. The lowest BCUT2D eigenvalue weighted by Crippen LogP contribution is -2.25. The van der Waals surface area contributed by atoms with E-state index in [2.05, 4.69) is 15.3 Å². The van der Waals surface area contributed by atoms with E-state index in [0.717, 1.165) is 12.1 Å². The molecule has 0 saturated carbocycles. The molecule has 0 bridgehead atoms. The maximum atomic E-state index is 11.8. The number of H-pyrrole nitrogens is 1. The molecule has 0 unspecified atom stereocenters. The van der Waals surface area contributed by atoms with Crippen molar-refractivity contribution < 1.29 is 4.79 Å². The predicted octanol–water partition coefficient (Wildman–Crippen LogP) is 1.25. The minimum Gasteiger partial charge on any atom is -0.365 e. The lowest BCUT2D eigenvalue weighted by atomic mass is 10.2. The van der Waals surface area contributed by atoms with Crippen molar-refractivity contribution in [2.75, 3.05) is 6.54 Å². The fraction of sp³-hybridized carbons (Fsp3) is 0.154. The highest BCUT2D eigenvalue weighted by Crippen LogP contribution is 2.01. The first-order valence-corrected chi connectivity index (χ1v) is 5.55. The first-order valence-electron chi connectivity index (χ1n) is 5.55. The molecule has 1 amide bonds. The molecule has 0 aliphatic carbocycles. The molecule has 0 aromatic carbocycles. The summed E-state index contributed by atoms with van der Waals surface area (Å²) < 4.78 is 0. The predicted molar refractivity (Wildman–Crippen MR) is 65.8 cm³/mol. The lowest BCUT2D eigenvalue weighted by Gasteiger charge is -2.04. The third kappa shape index (κ3) is 2.95. The van der Waals surface area contributed by atoms with Crippen LogP contribution >= 0.6 is 0 Å². The molecule has 0 spiro atoms. The van der Waals surface area contributed by atoms with E-state index in [1.54, 1.807) is 0 Å². The van der Waals surface area contributed by atoms with Crippen molar-refractivity contribution in [2.45, 2.75) is 6.42 Å². The first kappa shape index (κ1) is 11.9. The molecule has 90 valence electrons. The summed E-state index contributed by atoms with van der Waals surface area (Å²) in [6, 6.07) is 7.35. The van der Waals surface area contributed by atoms with E-state index < -0.39 is 0 Å². The van der Waals surface area contributed by atoms with E-state index in [4.69, 9.17) is 5.26 Å². The highest BCUT2D eigenvalue weighted by Gasteiger charge is 2.06. The quantitative estimate of drug-likeness (QED) is 0.843. The van der Waals surface area contributed by atoms with Crippen LogP contribution in [0.2, 0.25) is 0 Å². The molecule has 0 fully saturated rings. The summed E-state index contributed by atoms with van der Waals surface area (Å²) in [4.78, 5) is 18.7. The Balaban J connectivity index is 1.89. The molecule has 2 aromatic rings. The number of aromatic nitrogens is 2. The largest absolute Gasteiger partial charge is 0.365 e. The van der Waals surface area contributed by atoms with Gasteiger partial charge in [0.1, 0.15) is 6.07 Å². The molecule has 2 heterocycles. The van der Waals surface area contributed by atoms with Crippen LogP contribution in [0, 0.1) is 11.3 Å². The van der Waals surface area contributed by atoms with Gasteiger partial charge in [-0.3, -0.25) is 9.78 Å². The Hall–Kier alpha value is -2.61. The molecular formula is C13H12N4O. The first-order chi connectivity index (χ1) is 8.79. The monoisotopic (exact) mass is 240 g/mol. The molecule has 5 nitrogen and oxygen atoms in total. The van der Waals surface area contributed by atoms with Crippen LogP contribution < -0.4 is 5.32 Å². The van der Waals surface area contributed by atoms with E-state index in [1.165, 1.54) is 18.5 Å². The highest BCUT2D eigenvalue weighted by molar-refractivity contribution is 5.94. The highest BCUT2D eigenvalue weighted by atomic mass is 16.1. The topological polar surface area (TPSA) is 81.6 Å². The molecule has 0 atom stereocenters. The zero-order chi connectivity index (χ0) is 12.8. The van der Waals surface area contributed by atoms with Crippen LogP contribution in [0.15, 0.2) is 36.8 Å². The second kappa shape index (κ2) is 5.64. The van der Waals surface area contributed by atoms with Crippen molar-refractivity contribution in [3.05, 3.63) is 53.6 Å². The van der Waals surface area contributed by atoms with Crippen LogP contribution in [0.5, 0.6) is 0 Å². The van der Waals surface area contributed by atoms with Crippen LogP contribution in [0.25, 0.3) is 0 Å². The van der Waals surface area contributed by atoms with Crippen molar-refractivity contribution in [3.8, 4) is 6.07 Å². The van der Waals surface area contributed by atoms with E-state index in [0.29, 0.717) is 17.7 Å². The molecule has 2 rings (SSSR count). The summed E-state index contributed by atoms with van der Waals surface area (Å²) >= 11 is 0. The summed E-state index contributed by atoms with van der Waals surface area (Å²) in [6.45, 7) is 0.538. The maximum absolute atomic E-state index is 11.8. The van der Waals surface area contributed by atoms with Gasteiger partial charge < -0.3 is 10.3 Å². The second-order valence-corrected chi connectivity index (χ2v) is 3.78. The number of hydrogen-bond acceptors (Lipinski definition) is 3. The summed E-state index contributed by atoms with van der Waals surface area (Å²) in [5, 5.41) is 11.5. The number of amides is 1. The van der Waals surface area contributed by atoms with Gasteiger partial charge in [0.05, 0.1) is 11.1 Å². The van der Waals surface area contributed by atoms with Gasteiger partial charge in [0, 0.05) is 37.3 Å². The molecule has 2 aromatic heterocycles. The van der Waals surface area contributed by atoms with E-state index in [1.807, 2.05) is 24.4 Å². The van der Waals surface area contributed by atoms with Crippen LogP contribution in [0.4, 0.5) is 0 Å². The van der Waals surface area contributed by atoms with Gasteiger partial charge in [-0.2, -0.15) is 5.26 Å². The zero-order valence-corrected chi connectivity index (χ0v) is 9.68. The molecule has 2 N–H and O–H groups in total. The lowest BCUT2D eigenvalue weighted by molar-refractivity contribution is 0.0953. The summed E-state index contributed by atoms with van der Waals surface area (Å²) in [6.07, 6.45) is 5.46. The Morgan fingerprint density at radius 1 is 1.50 bits per heavy atom.